The van der Waals surface area contributed by atoms with Crippen LogP contribution in [0.1, 0.15) is 11.6 Å². The van der Waals surface area contributed by atoms with Gasteiger partial charge in [0.25, 0.3) is 0 Å². The molecule has 3 aromatic carbocycles. The van der Waals surface area contributed by atoms with Crippen LogP contribution in [0.25, 0.3) is 0 Å². The highest BCUT2D eigenvalue weighted by molar-refractivity contribution is 7.73. The van der Waals surface area contributed by atoms with Crippen molar-refractivity contribution in [2.24, 2.45) is 0 Å². The summed E-state index contributed by atoms with van der Waals surface area (Å²) in [6.07, 6.45) is 0.420. The number of hydrogen-bond donors (Lipinski definition) is 1. The summed E-state index contributed by atoms with van der Waals surface area (Å²) in [6, 6.07) is 29.8. The van der Waals surface area contributed by atoms with E-state index in [1.165, 1.54) is 10.6 Å². The van der Waals surface area contributed by atoms with Crippen molar-refractivity contribution in [3.05, 3.63) is 96.6 Å². The molecule has 3 aromatic rings. The first-order valence-corrected chi connectivity index (χ1v) is 10.5. The van der Waals surface area contributed by atoms with Crippen molar-refractivity contribution < 1.29 is 9.90 Å². The molecule has 0 aromatic heterocycles. The number of aliphatic hydroxyl groups is 1. The summed E-state index contributed by atoms with van der Waals surface area (Å²) in [4.78, 5) is 14.8. The molecule has 27 heavy (non-hydrogen) atoms. The molecular weight excluding hydrogens is 353 g/mol. The minimum Gasteiger partial charge on any atom is -0.394 e. The van der Waals surface area contributed by atoms with E-state index in [9.17, 15) is 9.90 Å². The molecule has 138 valence electrons. The molecule has 0 saturated heterocycles. The number of likely N-dealkylation sites (N-methyl/N-ethyl adjacent to an activating group) is 1. The van der Waals surface area contributed by atoms with E-state index in [4.69, 9.17) is 0 Å². The van der Waals surface area contributed by atoms with Crippen molar-refractivity contribution in [1.82, 2.24) is 4.90 Å². The van der Waals surface area contributed by atoms with Crippen LogP contribution in [-0.2, 0) is 4.79 Å². The Morgan fingerprint density at radius 1 is 0.852 bits per heavy atom. The zero-order valence-electron chi connectivity index (χ0n) is 15.4. The Bertz CT molecular complexity index is 801. The third kappa shape index (κ3) is 4.82. The summed E-state index contributed by atoms with van der Waals surface area (Å²) < 4.78 is 0. The van der Waals surface area contributed by atoms with Crippen LogP contribution in [0, 0.1) is 0 Å². The maximum atomic E-state index is 13.1. The van der Waals surface area contributed by atoms with Crippen molar-refractivity contribution in [1.29, 1.82) is 0 Å². The van der Waals surface area contributed by atoms with Gasteiger partial charge in [-0.3, -0.25) is 4.79 Å². The molecule has 0 heterocycles. The SMILES string of the molecule is CN(C(=O)CP(c1ccccc1)c1ccccc1)[C@@H](CO)c1ccccc1. The molecule has 1 amide bonds. The van der Waals surface area contributed by atoms with E-state index in [0.717, 1.165) is 5.56 Å². The fourth-order valence-electron chi connectivity index (χ4n) is 3.09. The summed E-state index contributed by atoms with van der Waals surface area (Å²) in [5.74, 6) is 0.0386. The molecule has 0 spiro atoms. The van der Waals surface area contributed by atoms with Gasteiger partial charge in [-0.1, -0.05) is 91.0 Å². The third-order valence-corrected chi connectivity index (χ3v) is 7.08. The lowest BCUT2D eigenvalue weighted by Gasteiger charge is -2.29. The smallest absolute Gasteiger partial charge is 0.227 e. The predicted octanol–water partition coefficient (Wildman–Crippen LogP) is 3.31. The molecule has 0 fully saturated rings. The Morgan fingerprint density at radius 3 is 1.74 bits per heavy atom. The molecule has 0 bridgehead atoms. The first-order valence-electron chi connectivity index (χ1n) is 9.00. The molecule has 1 atom stereocenters. The van der Waals surface area contributed by atoms with E-state index in [1.807, 2.05) is 66.7 Å². The van der Waals surface area contributed by atoms with Crippen LogP contribution in [0.15, 0.2) is 91.0 Å². The summed E-state index contributed by atoms with van der Waals surface area (Å²) in [7, 11) is 0.983. The third-order valence-electron chi connectivity index (χ3n) is 4.65. The van der Waals surface area contributed by atoms with Gasteiger partial charge < -0.3 is 10.0 Å². The van der Waals surface area contributed by atoms with Gasteiger partial charge in [-0.25, -0.2) is 0 Å². The van der Waals surface area contributed by atoms with E-state index < -0.39 is 7.92 Å². The Hall–Kier alpha value is -2.48. The van der Waals surface area contributed by atoms with Crippen LogP contribution in [0.2, 0.25) is 0 Å². The molecule has 0 saturated carbocycles. The van der Waals surface area contributed by atoms with Crippen molar-refractivity contribution >= 4 is 24.4 Å². The van der Waals surface area contributed by atoms with E-state index in [-0.39, 0.29) is 18.6 Å². The van der Waals surface area contributed by atoms with Crippen LogP contribution < -0.4 is 10.6 Å². The molecule has 0 radical (unpaired) electrons. The first kappa shape index (κ1) is 19.3. The van der Waals surface area contributed by atoms with Crippen molar-refractivity contribution in [2.45, 2.75) is 6.04 Å². The largest absolute Gasteiger partial charge is 0.394 e. The van der Waals surface area contributed by atoms with E-state index in [2.05, 4.69) is 24.3 Å². The minimum absolute atomic E-state index is 0.0386. The summed E-state index contributed by atoms with van der Waals surface area (Å²) in [6.45, 7) is -0.0964. The molecular formula is C23H24NO2P. The molecule has 3 nitrogen and oxygen atoms in total. The molecule has 0 aliphatic rings. The minimum atomic E-state index is -0.794. The first-order chi connectivity index (χ1) is 13.2. The van der Waals surface area contributed by atoms with E-state index in [1.54, 1.807) is 11.9 Å². The summed E-state index contributed by atoms with van der Waals surface area (Å²) in [5.41, 5.74) is 0.944. The highest BCUT2D eigenvalue weighted by Gasteiger charge is 2.25. The lowest BCUT2D eigenvalue weighted by molar-refractivity contribution is -0.130. The van der Waals surface area contributed by atoms with Crippen molar-refractivity contribution in [2.75, 3.05) is 19.8 Å². The Labute approximate surface area is 162 Å². The normalized spacial score (nSPS) is 12.0. The lowest BCUT2D eigenvalue weighted by Crippen LogP contribution is -2.36. The number of carbonyl (C=O) groups excluding carboxylic acids is 1. The predicted molar refractivity (Wildman–Crippen MR) is 113 cm³/mol. The fourth-order valence-corrected chi connectivity index (χ4v) is 5.32. The number of amides is 1. The van der Waals surface area contributed by atoms with Crippen molar-refractivity contribution in [3.63, 3.8) is 0 Å². The Balaban J connectivity index is 1.84. The average molecular weight is 377 g/mol. The average Bonchev–Trinajstić information content (AvgIpc) is 2.74. The molecule has 0 aliphatic heterocycles. The van der Waals surface area contributed by atoms with E-state index in [0.29, 0.717) is 6.16 Å². The number of hydrogen-bond acceptors (Lipinski definition) is 2. The van der Waals surface area contributed by atoms with E-state index >= 15 is 0 Å². The van der Waals surface area contributed by atoms with Crippen LogP contribution in [0.5, 0.6) is 0 Å². The van der Waals surface area contributed by atoms with Gasteiger partial charge in [0.15, 0.2) is 0 Å². The van der Waals surface area contributed by atoms with Gasteiger partial charge in [-0.15, -0.1) is 0 Å². The Kier molecular flexibility index (Phi) is 6.75. The lowest BCUT2D eigenvalue weighted by atomic mass is 10.1. The monoisotopic (exact) mass is 377 g/mol. The fraction of sp³-hybridized carbons (Fsp3) is 0.174. The number of aliphatic hydroxyl groups excluding tert-OH is 1. The standard InChI is InChI=1S/C23H24NO2P/c1-24(22(17-25)19-11-5-2-6-12-19)23(26)18-27(20-13-7-3-8-14-20)21-15-9-4-10-16-21/h2-16,22,25H,17-18H2,1H3/t22-/m0/s1. The van der Waals surface area contributed by atoms with Gasteiger partial charge in [-0.2, -0.15) is 0 Å². The molecule has 0 unspecified atom stereocenters. The van der Waals surface area contributed by atoms with Gasteiger partial charge in [0, 0.05) is 7.05 Å². The zero-order chi connectivity index (χ0) is 19.1. The van der Waals surface area contributed by atoms with Crippen molar-refractivity contribution in [3.8, 4) is 0 Å². The second-order valence-electron chi connectivity index (χ2n) is 6.37. The van der Waals surface area contributed by atoms with Gasteiger partial charge in [0.1, 0.15) is 0 Å². The number of carbonyl (C=O) groups is 1. The van der Waals surface area contributed by atoms with Crippen LogP contribution in [-0.4, -0.2) is 35.7 Å². The summed E-state index contributed by atoms with van der Waals surface area (Å²) >= 11 is 0. The highest BCUT2D eigenvalue weighted by atomic mass is 31.1. The topological polar surface area (TPSA) is 40.5 Å². The number of nitrogens with zero attached hydrogens (tertiary/aromatic N) is 1. The second-order valence-corrected chi connectivity index (χ2v) is 8.58. The quantitative estimate of drug-likeness (QED) is 0.642. The Morgan fingerprint density at radius 2 is 1.30 bits per heavy atom. The number of rotatable bonds is 7. The van der Waals surface area contributed by atoms with Gasteiger partial charge in [-0.05, 0) is 24.1 Å². The molecule has 0 aliphatic carbocycles. The highest BCUT2D eigenvalue weighted by Crippen LogP contribution is 2.34. The van der Waals surface area contributed by atoms with Crippen LogP contribution >= 0.6 is 7.92 Å². The molecule has 3 rings (SSSR count). The maximum absolute atomic E-state index is 13.1. The van der Waals surface area contributed by atoms with Gasteiger partial charge >= 0.3 is 0 Å². The van der Waals surface area contributed by atoms with Crippen LogP contribution in [0.3, 0.4) is 0 Å². The van der Waals surface area contributed by atoms with Crippen LogP contribution in [0.4, 0.5) is 0 Å². The van der Waals surface area contributed by atoms with Gasteiger partial charge in [0.05, 0.1) is 18.8 Å². The van der Waals surface area contributed by atoms with Gasteiger partial charge in [0.2, 0.25) is 5.91 Å². The second kappa shape index (κ2) is 9.45. The molecule has 1 N–H and O–H groups in total. The maximum Gasteiger partial charge on any atom is 0.227 e. The zero-order valence-corrected chi connectivity index (χ0v) is 16.3. The number of benzene rings is 3. The summed E-state index contributed by atoms with van der Waals surface area (Å²) in [5, 5.41) is 12.2. The molecule has 4 heteroatoms.